The van der Waals surface area contributed by atoms with E-state index in [9.17, 15) is 0 Å². The quantitative estimate of drug-likeness (QED) is 0.911. The number of nitrogens with one attached hydrogen (secondary N) is 1. The Balaban J connectivity index is 2.05. The van der Waals surface area contributed by atoms with E-state index in [1.165, 1.54) is 0 Å². The molecule has 0 fully saturated rings. The van der Waals surface area contributed by atoms with Crippen LogP contribution in [0.25, 0.3) is 0 Å². The van der Waals surface area contributed by atoms with Gasteiger partial charge in [-0.3, -0.25) is 0 Å². The van der Waals surface area contributed by atoms with Gasteiger partial charge in [-0.2, -0.15) is 5.26 Å². The Kier molecular flexibility index (Phi) is 3.58. The second-order valence-corrected chi connectivity index (χ2v) is 4.20. The van der Waals surface area contributed by atoms with Crippen LogP contribution in [0.2, 0.25) is 10.0 Å². The van der Waals surface area contributed by atoms with E-state index in [0.29, 0.717) is 28.1 Å². The summed E-state index contributed by atoms with van der Waals surface area (Å²) in [6.45, 7) is 0.461. The van der Waals surface area contributed by atoms with Gasteiger partial charge in [0.05, 0.1) is 17.3 Å². The zero-order chi connectivity index (χ0) is 12.3. The molecule has 5 heteroatoms. The number of nitrogens with zero attached hydrogens (tertiary/aromatic N) is 1. The lowest BCUT2D eigenvalue weighted by atomic mass is 10.3. The molecule has 0 bridgehead atoms. The van der Waals surface area contributed by atoms with Crippen LogP contribution in [-0.2, 0) is 6.54 Å². The van der Waals surface area contributed by atoms with Crippen LogP contribution in [0.3, 0.4) is 0 Å². The van der Waals surface area contributed by atoms with E-state index in [1.54, 1.807) is 30.3 Å². The third-order valence-corrected chi connectivity index (χ3v) is 2.70. The maximum atomic E-state index is 8.61. The van der Waals surface area contributed by atoms with E-state index in [2.05, 4.69) is 5.32 Å². The Morgan fingerprint density at radius 1 is 1.24 bits per heavy atom. The lowest BCUT2D eigenvalue weighted by molar-refractivity contribution is 0.506. The van der Waals surface area contributed by atoms with E-state index in [0.717, 1.165) is 5.69 Å². The van der Waals surface area contributed by atoms with Crippen molar-refractivity contribution < 1.29 is 4.42 Å². The molecule has 1 N–H and O–H groups in total. The molecule has 0 amide bonds. The van der Waals surface area contributed by atoms with Gasteiger partial charge in [0.25, 0.3) is 0 Å². The Hall–Kier alpha value is -1.63. The van der Waals surface area contributed by atoms with Crippen LogP contribution in [0.4, 0.5) is 5.69 Å². The fourth-order valence-electron chi connectivity index (χ4n) is 1.35. The minimum atomic E-state index is 0.295. The molecule has 0 spiro atoms. The predicted molar refractivity (Wildman–Crippen MR) is 67.2 cm³/mol. The highest BCUT2D eigenvalue weighted by molar-refractivity contribution is 6.36. The van der Waals surface area contributed by atoms with Gasteiger partial charge in [-0.05, 0) is 30.3 Å². The van der Waals surface area contributed by atoms with Crippen molar-refractivity contribution in [1.82, 2.24) is 0 Å². The molecule has 2 aromatic rings. The normalized spacial score (nSPS) is 9.94. The highest BCUT2D eigenvalue weighted by Crippen LogP contribution is 2.25. The van der Waals surface area contributed by atoms with Gasteiger partial charge in [0.1, 0.15) is 11.8 Å². The van der Waals surface area contributed by atoms with Crippen LogP contribution in [0.5, 0.6) is 0 Å². The van der Waals surface area contributed by atoms with E-state index < -0.39 is 0 Å². The number of furan rings is 1. The summed E-state index contributed by atoms with van der Waals surface area (Å²) in [4.78, 5) is 0. The third-order valence-electron chi connectivity index (χ3n) is 2.16. The summed E-state index contributed by atoms with van der Waals surface area (Å²) in [6.07, 6.45) is 0. The van der Waals surface area contributed by atoms with Gasteiger partial charge in [0.15, 0.2) is 0 Å². The molecule has 0 atom stereocenters. The first-order valence-corrected chi connectivity index (χ1v) is 5.62. The smallest absolute Gasteiger partial charge is 0.203 e. The summed E-state index contributed by atoms with van der Waals surface area (Å²) < 4.78 is 5.23. The molecule has 0 aliphatic rings. The van der Waals surface area contributed by atoms with Crippen molar-refractivity contribution in [2.75, 3.05) is 5.32 Å². The van der Waals surface area contributed by atoms with Gasteiger partial charge in [-0.25, -0.2) is 0 Å². The Morgan fingerprint density at radius 3 is 2.71 bits per heavy atom. The van der Waals surface area contributed by atoms with E-state index >= 15 is 0 Å². The molecule has 86 valence electrons. The maximum Gasteiger partial charge on any atom is 0.203 e. The van der Waals surface area contributed by atoms with Crippen molar-refractivity contribution in [3.05, 3.63) is 51.9 Å². The summed E-state index contributed by atoms with van der Waals surface area (Å²) in [5, 5.41) is 12.8. The minimum Gasteiger partial charge on any atom is -0.449 e. The maximum absolute atomic E-state index is 8.61. The SMILES string of the molecule is N#Cc1ccc(CNc2ccc(Cl)cc2Cl)o1. The molecule has 0 radical (unpaired) electrons. The van der Waals surface area contributed by atoms with E-state index in [4.69, 9.17) is 32.9 Å². The van der Waals surface area contributed by atoms with Crippen LogP contribution in [0.15, 0.2) is 34.7 Å². The monoisotopic (exact) mass is 266 g/mol. The average Bonchev–Trinajstić information content (AvgIpc) is 2.76. The molecule has 2 rings (SSSR count). The van der Waals surface area contributed by atoms with Gasteiger partial charge in [-0.15, -0.1) is 0 Å². The summed E-state index contributed by atoms with van der Waals surface area (Å²) in [5.41, 5.74) is 0.769. The fraction of sp³-hybridized carbons (Fsp3) is 0.0833. The van der Waals surface area contributed by atoms with Crippen molar-refractivity contribution in [1.29, 1.82) is 5.26 Å². The topological polar surface area (TPSA) is 49.0 Å². The summed E-state index contributed by atoms with van der Waals surface area (Å²) in [6, 6.07) is 10.5. The number of nitriles is 1. The molecule has 1 heterocycles. The molecule has 1 aromatic carbocycles. The molecule has 0 unspecified atom stereocenters. The summed E-state index contributed by atoms with van der Waals surface area (Å²) in [7, 11) is 0. The number of halogens is 2. The molecule has 0 aliphatic carbocycles. The van der Waals surface area contributed by atoms with Crippen LogP contribution >= 0.6 is 23.2 Å². The molecular formula is C12H8Cl2N2O. The van der Waals surface area contributed by atoms with Crippen molar-refractivity contribution in [3.63, 3.8) is 0 Å². The molecule has 1 aromatic heterocycles. The van der Waals surface area contributed by atoms with Crippen LogP contribution in [-0.4, -0.2) is 0 Å². The molecule has 0 saturated heterocycles. The highest BCUT2D eigenvalue weighted by atomic mass is 35.5. The highest BCUT2D eigenvalue weighted by Gasteiger charge is 2.03. The minimum absolute atomic E-state index is 0.295. The number of hydrogen-bond acceptors (Lipinski definition) is 3. The first-order chi connectivity index (χ1) is 8.19. The van der Waals surface area contributed by atoms with Crippen LogP contribution < -0.4 is 5.32 Å². The largest absolute Gasteiger partial charge is 0.449 e. The lowest BCUT2D eigenvalue weighted by Crippen LogP contribution is -1.98. The van der Waals surface area contributed by atoms with Gasteiger partial charge < -0.3 is 9.73 Å². The van der Waals surface area contributed by atoms with Gasteiger partial charge in [0.2, 0.25) is 5.76 Å². The van der Waals surface area contributed by atoms with Gasteiger partial charge in [-0.1, -0.05) is 23.2 Å². The number of hydrogen-bond donors (Lipinski definition) is 1. The van der Waals surface area contributed by atoms with Crippen molar-refractivity contribution in [2.24, 2.45) is 0 Å². The Bertz CT molecular complexity index is 572. The molecule has 0 aliphatic heterocycles. The summed E-state index contributed by atoms with van der Waals surface area (Å²) in [5.74, 6) is 0.969. The van der Waals surface area contributed by atoms with Crippen molar-refractivity contribution >= 4 is 28.9 Å². The van der Waals surface area contributed by atoms with E-state index in [1.807, 2.05) is 6.07 Å². The average molecular weight is 267 g/mol. The third kappa shape index (κ3) is 2.94. The second-order valence-electron chi connectivity index (χ2n) is 3.36. The fourth-order valence-corrected chi connectivity index (χ4v) is 1.82. The molecular weight excluding hydrogens is 259 g/mol. The van der Waals surface area contributed by atoms with E-state index in [-0.39, 0.29) is 0 Å². The lowest BCUT2D eigenvalue weighted by Gasteiger charge is -2.06. The molecule has 0 saturated carbocycles. The zero-order valence-corrected chi connectivity index (χ0v) is 10.2. The number of benzene rings is 1. The van der Waals surface area contributed by atoms with Crippen LogP contribution in [0.1, 0.15) is 11.5 Å². The van der Waals surface area contributed by atoms with Gasteiger partial charge in [0, 0.05) is 5.02 Å². The number of anilines is 1. The second kappa shape index (κ2) is 5.13. The Morgan fingerprint density at radius 2 is 2.06 bits per heavy atom. The van der Waals surface area contributed by atoms with Crippen molar-refractivity contribution in [3.8, 4) is 6.07 Å². The Labute approximate surface area is 109 Å². The molecule has 3 nitrogen and oxygen atoms in total. The van der Waals surface area contributed by atoms with Crippen molar-refractivity contribution in [2.45, 2.75) is 6.54 Å². The predicted octanol–water partition coefficient (Wildman–Crippen LogP) is 4.07. The standard InChI is InChI=1S/C12H8Cl2N2O/c13-8-1-4-12(11(14)5-8)16-7-10-3-2-9(6-15)17-10/h1-5,16H,7H2. The molecule has 17 heavy (non-hydrogen) atoms. The first kappa shape index (κ1) is 11.8. The number of rotatable bonds is 3. The zero-order valence-electron chi connectivity index (χ0n) is 8.71. The van der Waals surface area contributed by atoms with Crippen LogP contribution in [0, 0.1) is 11.3 Å². The summed E-state index contributed by atoms with van der Waals surface area (Å²) >= 11 is 11.8. The first-order valence-electron chi connectivity index (χ1n) is 4.87. The van der Waals surface area contributed by atoms with Gasteiger partial charge >= 0.3 is 0 Å².